The van der Waals surface area contributed by atoms with Gasteiger partial charge in [0, 0.05) is 39.1 Å². The van der Waals surface area contributed by atoms with Crippen LogP contribution in [0.15, 0.2) is 24.3 Å². The highest BCUT2D eigenvalue weighted by Crippen LogP contribution is 2.32. The largest absolute Gasteiger partial charge is 0.379 e. The second-order valence-corrected chi connectivity index (χ2v) is 5.75. The lowest BCUT2D eigenvalue weighted by molar-refractivity contribution is 0.837. The van der Waals surface area contributed by atoms with E-state index in [4.69, 9.17) is 11.6 Å². The Morgan fingerprint density at radius 1 is 1.25 bits per heavy atom. The number of nitrogens with zero attached hydrogens (tertiary/aromatic N) is 2. The zero-order valence-electron chi connectivity index (χ0n) is 12.8. The van der Waals surface area contributed by atoms with Crippen LogP contribution in [0, 0.1) is 13.8 Å². The molecule has 1 N–H and O–H groups in total. The molecule has 1 aromatic carbocycles. The van der Waals surface area contributed by atoms with Crippen LogP contribution in [0.2, 0.25) is 5.02 Å². The first-order valence-electron chi connectivity index (χ1n) is 6.73. The Bertz CT molecular complexity index is 614. The van der Waals surface area contributed by atoms with E-state index in [0.717, 1.165) is 22.9 Å². The van der Waals surface area contributed by atoms with Gasteiger partial charge in [-0.05, 0) is 37.6 Å². The summed E-state index contributed by atoms with van der Waals surface area (Å²) in [5.74, 6) is 0. The predicted octanol–water partition coefficient (Wildman–Crippen LogP) is 3.97. The maximum Gasteiger partial charge on any atom is 0.0786 e. The van der Waals surface area contributed by atoms with Crippen LogP contribution >= 0.6 is 11.6 Å². The number of benzene rings is 1. The monoisotopic (exact) mass is 291 g/mol. The molecule has 1 aromatic heterocycles. The van der Waals surface area contributed by atoms with Gasteiger partial charge in [0.1, 0.15) is 0 Å². The van der Waals surface area contributed by atoms with Gasteiger partial charge in [-0.3, -0.25) is 0 Å². The van der Waals surface area contributed by atoms with Crippen molar-refractivity contribution in [2.24, 2.45) is 7.05 Å². The van der Waals surface area contributed by atoms with E-state index in [2.05, 4.69) is 42.9 Å². The highest BCUT2D eigenvalue weighted by atomic mass is 35.5. The molecule has 108 valence electrons. The molecule has 0 atom stereocenters. The Morgan fingerprint density at radius 2 is 1.95 bits per heavy atom. The summed E-state index contributed by atoms with van der Waals surface area (Å²) in [7, 11) is 6.10. The fraction of sp³-hybridized carbons (Fsp3) is 0.375. The minimum Gasteiger partial charge on any atom is -0.379 e. The fourth-order valence-corrected chi connectivity index (χ4v) is 2.76. The van der Waals surface area contributed by atoms with Gasteiger partial charge in [0.15, 0.2) is 0 Å². The molecule has 0 aliphatic carbocycles. The zero-order valence-corrected chi connectivity index (χ0v) is 13.5. The lowest BCUT2D eigenvalue weighted by atomic mass is 10.2. The normalized spacial score (nSPS) is 10.7. The van der Waals surface area contributed by atoms with E-state index in [1.54, 1.807) is 0 Å². The molecule has 2 rings (SSSR count). The van der Waals surface area contributed by atoms with Crippen LogP contribution in [0.3, 0.4) is 0 Å². The van der Waals surface area contributed by atoms with Crippen LogP contribution in [0.4, 0.5) is 11.4 Å². The van der Waals surface area contributed by atoms with E-state index in [1.165, 1.54) is 17.0 Å². The molecule has 2 aromatic rings. The molecule has 0 aliphatic heterocycles. The van der Waals surface area contributed by atoms with Crippen LogP contribution in [0.5, 0.6) is 0 Å². The van der Waals surface area contributed by atoms with Crippen molar-refractivity contribution >= 4 is 23.0 Å². The first-order chi connectivity index (χ1) is 9.41. The molecule has 0 bridgehead atoms. The number of para-hydroxylation sites is 1. The first kappa shape index (κ1) is 14.8. The predicted molar refractivity (Wildman–Crippen MR) is 88.0 cm³/mol. The van der Waals surface area contributed by atoms with E-state index in [1.807, 2.05) is 31.1 Å². The number of anilines is 2. The zero-order chi connectivity index (χ0) is 14.9. The van der Waals surface area contributed by atoms with Crippen LogP contribution in [-0.2, 0) is 13.6 Å². The number of aromatic nitrogens is 1. The lowest BCUT2D eigenvalue weighted by Crippen LogP contribution is -2.13. The molecular formula is C16H22ClN3. The van der Waals surface area contributed by atoms with E-state index in [-0.39, 0.29) is 0 Å². The molecule has 0 unspecified atom stereocenters. The summed E-state index contributed by atoms with van der Waals surface area (Å²) in [6.07, 6.45) is 0. The van der Waals surface area contributed by atoms with Crippen molar-refractivity contribution in [2.75, 3.05) is 24.3 Å². The van der Waals surface area contributed by atoms with Gasteiger partial charge in [0.25, 0.3) is 0 Å². The van der Waals surface area contributed by atoms with Gasteiger partial charge < -0.3 is 14.8 Å². The molecule has 0 aliphatic rings. The van der Waals surface area contributed by atoms with Crippen LogP contribution in [0.1, 0.15) is 17.0 Å². The third-order valence-electron chi connectivity index (χ3n) is 3.78. The summed E-state index contributed by atoms with van der Waals surface area (Å²) in [6.45, 7) is 5.07. The van der Waals surface area contributed by atoms with Crippen molar-refractivity contribution in [3.05, 3.63) is 46.2 Å². The van der Waals surface area contributed by atoms with Crippen molar-refractivity contribution in [1.29, 1.82) is 0 Å². The summed E-state index contributed by atoms with van der Waals surface area (Å²) in [5.41, 5.74) is 5.97. The molecule has 0 saturated heterocycles. The van der Waals surface area contributed by atoms with Crippen LogP contribution in [-0.4, -0.2) is 18.7 Å². The van der Waals surface area contributed by atoms with Crippen molar-refractivity contribution in [3.63, 3.8) is 0 Å². The Hall–Kier alpha value is -1.61. The SMILES string of the molecule is Cc1cc(CNc2cccc(Cl)c2N(C)C)c(C)n1C. The average Bonchev–Trinajstić information content (AvgIpc) is 2.63. The standard InChI is InChI=1S/C16H22ClN3/c1-11-9-13(12(2)20(11)5)10-18-15-8-6-7-14(17)16(15)19(3)4/h6-9,18H,10H2,1-5H3. The fourth-order valence-electron chi connectivity index (χ4n) is 2.42. The van der Waals surface area contributed by atoms with Crippen LogP contribution in [0.25, 0.3) is 0 Å². The maximum absolute atomic E-state index is 6.28. The average molecular weight is 292 g/mol. The van der Waals surface area contributed by atoms with E-state index in [0.29, 0.717) is 0 Å². The highest BCUT2D eigenvalue weighted by molar-refractivity contribution is 6.34. The number of nitrogens with one attached hydrogen (secondary N) is 1. The minimum atomic E-state index is 0.765. The molecule has 0 amide bonds. The molecule has 0 radical (unpaired) electrons. The third-order valence-corrected chi connectivity index (χ3v) is 4.09. The molecule has 4 heteroatoms. The molecule has 3 nitrogen and oxygen atoms in total. The first-order valence-corrected chi connectivity index (χ1v) is 7.11. The number of rotatable bonds is 4. The van der Waals surface area contributed by atoms with E-state index < -0.39 is 0 Å². The summed E-state index contributed by atoms with van der Waals surface area (Å²) >= 11 is 6.28. The topological polar surface area (TPSA) is 20.2 Å². The smallest absolute Gasteiger partial charge is 0.0786 e. The van der Waals surface area contributed by atoms with E-state index >= 15 is 0 Å². The van der Waals surface area contributed by atoms with Crippen LogP contribution < -0.4 is 10.2 Å². The minimum absolute atomic E-state index is 0.765. The number of halogens is 1. The summed E-state index contributed by atoms with van der Waals surface area (Å²) in [6, 6.07) is 8.18. The molecular weight excluding hydrogens is 270 g/mol. The Morgan fingerprint density at radius 3 is 2.50 bits per heavy atom. The molecule has 0 spiro atoms. The molecule has 1 heterocycles. The Kier molecular flexibility index (Phi) is 4.29. The van der Waals surface area contributed by atoms with Gasteiger partial charge in [-0.25, -0.2) is 0 Å². The number of hydrogen-bond donors (Lipinski definition) is 1. The third kappa shape index (κ3) is 2.78. The lowest BCUT2D eigenvalue weighted by Gasteiger charge is -2.20. The molecule has 0 fully saturated rings. The highest BCUT2D eigenvalue weighted by Gasteiger charge is 2.10. The summed E-state index contributed by atoms with van der Waals surface area (Å²) in [5, 5.41) is 4.26. The number of hydrogen-bond acceptors (Lipinski definition) is 2. The van der Waals surface area contributed by atoms with Gasteiger partial charge in [0.05, 0.1) is 16.4 Å². The van der Waals surface area contributed by atoms with Crippen molar-refractivity contribution in [2.45, 2.75) is 20.4 Å². The van der Waals surface area contributed by atoms with E-state index in [9.17, 15) is 0 Å². The summed E-state index contributed by atoms with van der Waals surface area (Å²) in [4.78, 5) is 2.04. The van der Waals surface area contributed by atoms with Crippen molar-refractivity contribution < 1.29 is 0 Å². The quantitative estimate of drug-likeness (QED) is 0.920. The second-order valence-electron chi connectivity index (χ2n) is 5.34. The van der Waals surface area contributed by atoms with Gasteiger partial charge >= 0.3 is 0 Å². The number of aryl methyl sites for hydroxylation is 1. The van der Waals surface area contributed by atoms with Gasteiger partial charge in [0.2, 0.25) is 0 Å². The molecule has 20 heavy (non-hydrogen) atoms. The van der Waals surface area contributed by atoms with Gasteiger partial charge in [-0.15, -0.1) is 0 Å². The summed E-state index contributed by atoms with van der Waals surface area (Å²) < 4.78 is 2.21. The van der Waals surface area contributed by atoms with Crippen molar-refractivity contribution in [3.8, 4) is 0 Å². The van der Waals surface area contributed by atoms with Crippen molar-refractivity contribution in [1.82, 2.24) is 4.57 Å². The maximum atomic E-state index is 6.28. The Labute approximate surface area is 126 Å². The van der Waals surface area contributed by atoms with Gasteiger partial charge in [-0.2, -0.15) is 0 Å². The Balaban J connectivity index is 2.23. The van der Waals surface area contributed by atoms with Gasteiger partial charge in [-0.1, -0.05) is 17.7 Å². The second kappa shape index (κ2) is 5.80. The molecule has 0 saturated carbocycles.